The minimum Gasteiger partial charge on any atom is -0.345 e. The average molecular weight is 340 g/mol. The maximum atomic E-state index is 12.6. The van der Waals surface area contributed by atoms with Gasteiger partial charge in [0.1, 0.15) is 5.65 Å². The van der Waals surface area contributed by atoms with E-state index in [2.05, 4.69) is 19.5 Å². The maximum absolute atomic E-state index is 12.6. The average Bonchev–Trinajstić information content (AvgIpc) is 3.23. The number of hydrogen-bond donors (Lipinski definition) is 1. The van der Waals surface area contributed by atoms with Gasteiger partial charge in [0.25, 0.3) is 5.91 Å². The molecule has 1 aliphatic carbocycles. The maximum Gasteiger partial charge on any atom is 0.281 e. The largest absolute Gasteiger partial charge is 0.345 e. The quantitative estimate of drug-likeness (QED) is 0.789. The van der Waals surface area contributed by atoms with E-state index in [0.29, 0.717) is 11.5 Å². The minimum absolute atomic E-state index is 0.214. The molecule has 0 spiro atoms. The molecule has 0 unspecified atom stereocenters. The van der Waals surface area contributed by atoms with Crippen LogP contribution in [-0.4, -0.2) is 20.4 Å². The molecule has 3 aromatic heterocycles. The van der Waals surface area contributed by atoms with Gasteiger partial charge < -0.3 is 9.55 Å². The Morgan fingerprint density at radius 2 is 2.25 bits per heavy atom. The van der Waals surface area contributed by atoms with Crippen molar-refractivity contribution in [3.63, 3.8) is 0 Å². The van der Waals surface area contributed by atoms with Crippen molar-refractivity contribution in [3.8, 4) is 0 Å². The van der Waals surface area contributed by atoms with E-state index in [-0.39, 0.29) is 5.91 Å². The predicted octanol–water partition coefficient (Wildman–Crippen LogP) is 3.75. The molecule has 4 rings (SSSR count). The number of thiazole rings is 1. The number of H-pyrrole nitrogens is 1. The highest BCUT2D eigenvalue weighted by Gasteiger charge is 2.15. The second-order valence-corrected chi connectivity index (χ2v) is 7.23. The molecule has 5 nitrogen and oxygen atoms in total. The molecule has 6 heteroatoms. The zero-order valence-corrected chi connectivity index (χ0v) is 14.3. The highest BCUT2D eigenvalue weighted by molar-refractivity contribution is 7.07. The van der Waals surface area contributed by atoms with Crippen molar-refractivity contribution in [1.82, 2.24) is 14.5 Å². The molecule has 0 aromatic carbocycles. The Hall–Kier alpha value is -2.21. The summed E-state index contributed by atoms with van der Waals surface area (Å²) in [5, 5.41) is 2.83. The molecule has 1 saturated carbocycles. The third-order valence-corrected chi connectivity index (χ3v) is 5.51. The van der Waals surface area contributed by atoms with E-state index < -0.39 is 0 Å². The fraction of sp³-hybridized carbons (Fsp3) is 0.389. The second kappa shape index (κ2) is 6.73. The molecule has 0 aliphatic heterocycles. The van der Waals surface area contributed by atoms with Crippen molar-refractivity contribution in [1.29, 1.82) is 0 Å². The number of aromatic amines is 1. The molecule has 1 aliphatic rings. The topological polar surface area (TPSA) is 63.0 Å². The SMILES string of the molecule is O=C(/N=c1\sccn1CC1CCCCC1)c1c[nH]c2ncccc12. The molecule has 1 amide bonds. The number of aromatic nitrogens is 3. The fourth-order valence-corrected chi connectivity index (χ4v) is 4.19. The van der Waals surface area contributed by atoms with Crippen molar-refractivity contribution < 1.29 is 4.79 Å². The highest BCUT2D eigenvalue weighted by atomic mass is 32.1. The first kappa shape index (κ1) is 15.3. The minimum atomic E-state index is -0.214. The van der Waals surface area contributed by atoms with Gasteiger partial charge in [0.15, 0.2) is 4.80 Å². The number of pyridine rings is 1. The van der Waals surface area contributed by atoms with Crippen LogP contribution in [0, 0.1) is 5.92 Å². The lowest BCUT2D eigenvalue weighted by atomic mass is 9.89. The van der Waals surface area contributed by atoms with Crippen molar-refractivity contribution in [3.05, 3.63) is 46.5 Å². The Labute approximate surface area is 144 Å². The van der Waals surface area contributed by atoms with Gasteiger partial charge in [0.2, 0.25) is 0 Å². The Morgan fingerprint density at radius 3 is 3.12 bits per heavy atom. The fourth-order valence-electron chi connectivity index (χ4n) is 3.45. The van der Waals surface area contributed by atoms with Crippen LogP contribution in [-0.2, 0) is 6.54 Å². The van der Waals surface area contributed by atoms with E-state index >= 15 is 0 Å². The summed E-state index contributed by atoms with van der Waals surface area (Å²) in [4.78, 5) is 25.0. The monoisotopic (exact) mass is 340 g/mol. The Kier molecular flexibility index (Phi) is 4.30. The number of rotatable bonds is 3. The van der Waals surface area contributed by atoms with Gasteiger partial charge in [0, 0.05) is 35.9 Å². The third-order valence-electron chi connectivity index (χ3n) is 4.72. The molecule has 124 valence electrons. The molecule has 0 bridgehead atoms. The standard InChI is InChI=1S/C18H20N4OS/c23-17(15-11-20-16-14(15)7-4-8-19-16)21-18-22(9-10-24-18)12-13-5-2-1-3-6-13/h4,7-11,13H,1-3,5-6,12H2,(H,19,20)/b21-18-. The normalized spacial score (nSPS) is 16.8. The highest BCUT2D eigenvalue weighted by Crippen LogP contribution is 2.24. The number of hydrogen-bond acceptors (Lipinski definition) is 3. The summed E-state index contributed by atoms with van der Waals surface area (Å²) >= 11 is 1.52. The molecule has 3 aromatic rings. The van der Waals surface area contributed by atoms with Gasteiger partial charge in [-0.1, -0.05) is 19.3 Å². The van der Waals surface area contributed by atoms with E-state index in [4.69, 9.17) is 0 Å². The first-order chi connectivity index (χ1) is 11.8. The Bertz CT molecular complexity index is 914. The number of fused-ring (bicyclic) bond motifs is 1. The molecule has 1 N–H and O–H groups in total. The van der Waals surface area contributed by atoms with Crippen molar-refractivity contribution >= 4 is 28.3 Å². The van der Waals surface area contributed by atoms with Gasteiger partial charge in [-0.2, -0.15) is 4.99 Å². The molecule has 0 radical (unpaired) electrons. The lowest BCUT2D eigenvalue weighted by Gasteiger charge is -2.21. The Morgan fingerprint density at radius 1 is 1.38 bits per heavy atom. The van der Waals surface area contributed by atoms with Gasteiger partial charge in [-0.25, -0.2) is 4.98 Å². The van der Waals surface area contributed by atoms with Gasteiger partial charge in [-0.15, -0.1) is 11.3 Å². The first-order valence-corrected chi connectivity index (χ1v) is 9.34. The van der Waals surface area contributed by atoms with Crippen LogP contribution < -0.4 is 4.80 Å². The summed E-state index contributed by atoms with van der Waals surface area (Å²) in [6, 6.07) is 3.73. The molecule has 24 heavy (non-hydrogen) atoms. The molecule has 0 saturated heterocycles. The van der Waals surface area contributed by atoms with Gasteiger partial charge >= 0.3 is 0 Å². The van der Waals surface area contributed by atoms with Crippen molar-refractivity contribution in [2.45, 2.75) is 38.6 Å². The smallest absolute Gasteiger partial charge is 0.281 e. The lowest BCUT2D eigenvalue weighted by Crippen LogP contribution is -2.22. The summed E-state index contributed by atoms with van der Waals surface area (Å²) in [5.41, 5.74) is 1.30. The zero-order chi connectivity index (χ0) is 16.4. The third kappa shape index (κ3) is 3.06. The first-order valence-electron chi connectivity index (χ1n) is 8.46. The van der Waals surface area contributed by atoms with Crippen LogP contribution in [0.2, 0.25) is 0 Å². The summed E-state index contributed by atoms with van der Waals surface area (Å²) in [6.07, 6.45) is 12.0. The van der Waals surface area contributed by atoms with Crippen LogP contribution in [0.4, 0.5) is 0 Å². The molecule has 3 heterocycles. The van der Waals surface area contributed by atoms with E-state index in [1.54, 1.807) is 12.4 Å². The van der Waals surface area contributed by atoms with Crippen LogP contribution in [0.3, 0.4) is 0 Å². The molecule has 1 fully saturated rings. The number of nitrogens with one attached hydrogen (secondary N) is 1. The van der Waals surface area contributed by atoms with Crippen LogP contribution in [0.1, 0.15) is 42.5 Å². The second-order valence-electron chi connectivity index (χ2n) is 6.36. The number of nitrogens with zero attached hydrogens (tertiary/aromatic N) is 3. The Balaban J connectivity index is 1.61. The zero-order valence-electron chi connectivity index (χ0n) is 13.4. The molecule has 0 atom stereocenters. The van der Waals surface area contributed by atoms with Crippen LogP contribution >= 0.6 is 11.3 Å². The summed E-state index contributed by atoms with van der Waals surface area (Å²) in [7, 11) is 0. The van der Waals surface area contributed by atoms with E-state index in [1.165, 1.54) is 43.4 Å². The molecular weight excluding hydrogens is 320 g/mol. The summed E-state index contributed by atoms with van der Waals surface area (Å²) in [5.74, 6) is 0.494. The summed E-state index contributed by atoms with van der Waals surface area (Å²) in [6.45, 7) is 0.963. The number of carbonyl (C=O) groups is 1. The number of amides is 1. The predicted molar refractivity (Wildman–Crippen MR) is 94.9 cm³/mol. The lowest BCUT2D eigenvalue weighted by molar-refractivity contribution is 0.0999. The van der Waals surface area contributed by atoms with Gasteiger partial charge in [-0.3, -0.25) is 4.79 Å². The van der Waals surface area contributed by atoms with Crippen molar-refractivity contribution in [2.24, 2.45) is 10.9 Å². The van der Waals surface area contributed by atoms with E-state index in [0.717, 1.165) is 22.4 Å². The van der Waals surface area contributed by atoms with Gasteiger partial charge in [-0.05, 0) is 30.9 Å². The number of carbonyl (C=O) groups excluding carboxylic acids is 1. The van der Waals surface area contributed by atoms with Gasteiger partial charge in [0.05, 0.1) is 5.56 Å². The van der Waals surface area contributed by atoms with Crippen LogP contribution in [0.5, 0.6) is 0 Å². The summed E-state index contributed by atoms with van der Waals surface area (Å²) < 4.78 is 2.13. The van der Waals surface area contributed by atoms with E-state index in [9.17, 15) is 4.79 Å². The van der Waals surface area contributed by atoms with E-state index in [1.807, 2.05) is 23.7 Å². The van der Waals surface area contributed by atoms with Crippen molar-refractivity contribution in [2.75, 3.05) is 0 Å². The van der Waals surface area contributed by atoms with Crippen LogP contribution in [0.15, 0.2) is 41.1 Å². The van der Waals surface area contributed by atoms with Crippen LogP contribution in [0.25, 0.3) is 11.0 Å². The molecular formula is C18H20N4OS.